The summed E-state index contributed by atoms with van der Waals surface area (Å²) in [6, 6.07) is 18.2. The van der Waals surface area contributed by atoms with E-state index < -0.39 is 0 Å². The minimum absolute atomic E-state index is 0.620. The van der Waals surface area contributed by atoms with Crippen LogP contribution in [0.4, 0.5) is 17.5 Å². The van der Waals surface area contributed by atoms with Gasteiger partial charge in [0.25, 0.3) is 0 Å². The van der Waals surface area contributed by atoms with Crippen molar-refractivity contribution in [1.82, 2.24) is 9.97 Å². The molecule has 0 saturated heterocycles. The lowest BCUT2D eigenvalue weighted by molar-refractivity contribution is 0.410. The molecule has 0 unspecified atom stereocenters. The fourth-order valence-corrected chi connectivity index (χ4v) is 2.71. The van der Waals surface area contributed by atoms with Gasteiger partial charge in [-0.3, -0.25) is 0 Å². The van der Waals surface area contributed by atoms with Crippen LogP contribution in [0.1, 0.15) is 16.8 Å². The van der Waals surface area contributed by atoms with Crippen LogP contribution in [0.5, 0.6) is 5.75 Å². The third-order valence-electron chi connectivity index (χ3n) is 4.05. The van der Waals surface area contributed by atoms with Gasteiger partial charge < -0.3 is 15.4 Å². The van der Waals surface area contributed by atoms with Gasteiger partial charge in [0, 0.05) is 24.0 Å². The lowest BCUT2D eigenvalue weighted by atomic mass is 10.1. The van der Waals surface area contributed by atoms with Gasteiger partial charge in [0.05, 0.1) is 7.11 Å². The molecule has 0 aliphatic rings. The molecule has 26 heavy (non-hydrogen) atoms. The molecule has 0 saturated carbocycles. The number of hydrogen-bond donors (Lipinski definition) is 2. The van der Waals surface area contributed by atoms with Crippen molar-refractivity contribution in [3.8, 4) is 5.75 Å². The molecule has 5 heteroatoms. The largest absolute Gasteiger partial charge is 0.496 e. The first-order valence-corrected chi connectivity index (χ1v) is 8.69. The highest BCUT2D eigenvalue weighted by molar-refractivity contribution is 5.57. The van der Waals surface area contributed by atoms with Crippen LogP contribution in [0.2, 0.25) is 0 Å². The van der Waals surface area contributed by atoms with Crippen molar-refractivity contribution >= 4 is 17.5 Å². The molecule has 0 bridgehead atoms. The minimum atomic E-state index is 0.620. The summed E-state index contributed by atoms with van der Waals surface area (Å²) in [7, 11) is 1.69. The first-order valence-electron chi connectivity index (χ1n) is 8.69. The smallest absolute Gasteiger partial charge is 0.224 e. The topological polar surface area (TPSA) is 59.1 Å². The van der Waals surface area contributed by atoms with Crippen molar-refractivity contribution in [2.75, 3.05) is 24.3 Å². The Morgan fingerprint density at radius 1 is 0.962 bits per heavy atom. The second-order valence-electron chi connectivity index (χ2n) is 6.20. The Bertz CT molecular complexity index is 862. The number of anilines is 3. The van der Waals surface area contributed by atoms with Crippen molar-refractivity contribution in [3.05, 3.63) is 71.4 Å². The molecule has 0 radical (unpaired) electrons. The molecule has 134 valence electrons. The SMILES string of the molecule is COc1ccccc1CCNc1nc(C)cc(Nc2ccc(C)cc2)n1. The second kappa shape index (κ2) is 8.34. The molecule has 0 atom stereocenters. The summed E-state index contributed by atoms with van der Waals surface area (Å²) in [6.07, 6.45) is 0.835. The van der Waals surface area contributed by atoms with E-state index in [9.17, 15) is 0 Å². The molecule has 0 fully saturated rings. The molecule has 3 rings (SSSR count). The number of methoxy groups -OCH3 is 1. The number of aromatic nitrogens is 2. The predicted molar refractivity (Wildman–Crippen MR) is 106 cm³/mol. The van der Waals surface area contributed by atoms with Gasteiger partial charge in [-0.15, -0.1) is 0 Å². The molecule has 0 amide bonds. The fourth-order valence-electron chi connectivity index (χ4n) is 2.71. The van der Waals surface area contributed by atoms with Gasteiger partial charge in [-0.25, -0.2) is 4.98 Å². The maximum Gasteiger partial charge on any atom is 0.224 e. The van der Waals surface area contributed by atoms with E-state index in [1.807, 2.05) is 43.3 Å². The quantitative estimate of drug-likeness (QED) is 0.658. The van der Waals surface area contributed by atoms with Gasteiger partial charge in [-0.05, 0) is 44.0 Å². The van der Waals surface area contributed by atoms with E-state index in [-0.39, 0.29) is 0 Å². The Morgan fingerprint density at radius 3 is 2.50 bits per heavy atom. The molecule has 1 heterocycles. The number of ether oxygens (including phenoxy) is 1. The normalized spacial score (nSPS) is 10.4. The van der Waals surface area contributed by atoms with E-state index in [2.05, 4.69) is 45.7 Å². The van der Waals surface area contributed by atoms with Crippen LogP contribution < -0.4 is 15.4 Å². The predicted octanol–water partition coefficient (Wildman–Crippen LogP) is 4.50. The minimum Gasteiger partial charge on any atom is -0.496 e. The Labute approximate surface area is 154 Å². The van der Waals surface area contributed by atoms with Gasteiger partial charge in [0.2, 0.25) is 5.95 Å². The number of nitrogens with zero attached hydrogens (tertiary/aromatic N) is 2. The van der Waals surface area contributed by atoms with Gasteiger partial charge in [-0.2, -0.15) is 4.98 Å². The Morgan fingerprint density at radius 2 is 1.73 bits per heavy atom. The number of rotatable bonds is 7. The molecule has 0 aliphatic carbocycles. The second-order valence-corrected chi connectivity index (χ2v) is 6.20. The van der Waals surface area contributed by atoms with Gasteiger partial charge in [0.15, 0.2) is 0 Å². The van der Waals surface area contributed by atoms with E-state index >= 15 is 0 Å². The molecular formula is C21H24N4O. The van der Waals surface area contributed by atoms with Crippen LogP contribution in [0.25, 0.3) is 0 Å². The first kappa shape index (κ1) is 17.7. The Kier molecular flexibility index (Phi) is 5.69. The molecule has 0 spiro atoms. The molecule has 3 aromatic rings. The summed E-state index contributed by atoms with van der Waals surface area (Å²) in [6.45, 7) is 4.77. The fraction of sp³-hybridized carbons (Fsp3) is 0.238. The van der Waals surface area contributed by atoms with Gasteiger partial charge in [0.1, 0.15) is 11.6 Å². The van der Waals surface area contributed by atoms with Crippen LogP contribution in [0.3, 0.4) is 0 Å². The highest BCUT2D eigenvalue weighted by atomic mass is 16.5. The summed E-state index contributed by atoms with van der Waals surface area (Å²) in [5, 5.41) is 6.63. The van der Waals surface area contributed by atoms with Crippen LogP contribution in [-0.4, -0.2) is 23.6 Å². The average Bonchev–Trinajstić information content (AvgIpc) is 2.64. The van der Waals surface area contributed by atoms with Crippen molar-refractivity contribution in [2.45, 2.75) is 20.3 Å². The molecule has 2 N–H and O–H groups in total. The number of para-hydroxylation sites is 1. The lowest BCUT2D eigenvalue weighted by Crippen LogP contribution is -2.10. The monoisotopic (exact) mass is 348 g/mol. The van der Waals surface area contributed by atoms with E-state index in [1.54, 1.807) is 7.11 Å². The van der Waals surface area contributed by atoms with E-state index in [1.165, 1.54) is 5.56 Å². The number of aryl methyl sites for hydroxylation is 2. The highest BCUT2D eigenvalue weighted by Crippen LogP contribution is 2.19. The number of hydrogen-bond acceptors (Lipinski definition) is 5. The Balaban J connectivity index is 1.65. The van der Waals surface area contributed by atoms with Crippen LogP contribution in [0, 0.1) is 13.8 Å². The standard InChI is InChI=1S/C21H24N4O/c1-15-8-10-18(11-9-15)24-20-14-16(2)23-21(25-20)22-13-12-17-6-4-5-7-19(17)26-3/h4-11,14H,12-13H2,1-3H3,(H2,22,23,24,25). The van der Waals surface area contributed by atoms with Gasteiger partial charge in [-0.1, -0.05) is 35.9 Å². The first-order chi connectivity index (χ1) is 12.6. The van der Waals surface area contributed by atoms with E-state index in [0.29, 0.717) is 5.95 Å². The lowest BCUT2D eigenvalue weighted by Gasteiger charge is -2.11. The number of nitrogens with one attached hydrogen (secondary N) is 2. The van der Waals surface area contributed by atoms with Crippen LogP contribution in [0.15, 0.2) is 54.6 Å². The van der Waals surface area contributed by atoms with E-state index in [4.69, 9.17) is 4.74 Å². The maximum atomic E-state index is 5.39. The molecule has 2 aromatic carbocycles. The van der Waals surface area contributed by atoms with E-state index in [0.717, 1.165) is 41.5 Å². The van der Waals surface area contributed by atoms with Crippen molar-refractivity contribution < 1.29 is 4.74 Å². The third-order valence-corrected chi connectivity index (χ3v) is 4.05. The summed E-state index contributed by atoms with van der Waals surface area (Å²) in [5.74, 6) is 2.30. The molecule has 1 aromatic heterocycles. The molecule has 5 nitrogen and oxygen atoms in total. The highest BCUT2D eigenvalue weighted by Gasteiger charge is 2.05. The van der Waals surface area contributed by atoms with Crippen LogP contribution >= 0.6 is 0 Å². The average molecular weight is 348 g/mol. The van der Waals surface area contributed by atoms with Crippen LogP contribution in [-0.2, 0) is 6.42 Å². The zero-order valence-electron chi connectivity index (χ0n) is 15.4. The molecular weight excluding hydrogens is 324 g/mol. The summed E-state index contributed by atoms with van der Waals surface area (Å²) < 4.78 is 5.39. The van der Waals surface area contributed by atoms with Crippen molar-refractivity contribution in [1.29, 1.82) is 0 Å². The van der Waals surface area contributed by atoms with Gasteiger partial charge >= 0.3 is 0 Å². The summed E-state index contributed by atoms with van der Waals surface area (Å²) in [5.41, 5.74) is 4.31. The zero-order chi connectivity index (χ0) is 18.4. The summed E-state index contributed by atoms with van der Waals surface area (Å²) in [4.78, 5) is 9.03. The third kappa shape index (κ3) is 4.72. The Hall–Kier alpha value is -3.08. The summed E-state index contributed by atoms with van der Waals surface area (Å²) >= 11 is 0. The molecule has 0 aliphatic heterocycles. The van der Waals surface area contributed by atoms with Crippen molar-refractivity contribution in [3.63, 3.8) is 0 Å². The maximum absolute atomic E-state index is 5.39. The van der Waals surface area contributed by atoms with Crippen molar-refractivity contribution in [2.24, 2.45) is 0 Å². The number of benzene rings is 2. The zero-order valence-corrected chi connectivity index (χ0v) is 15.4.